The van der Waals surface area contributed by atoms with Gasteiger partial charge in [0.2, 0.25) is 5.13 Å². The molecule has 0 unspecified atom stereocenters. The fraction of sp³-hybridized carbons (Fsp3) is 0.200. The highest BCUT2D eigenvalue weighted by Crippen LogP contribution is 2.31. The summed E-state index contributed by atoms with van der Waals surface area (Å²) in [6.07, 6.45) is 1.77. The van der Waals surface area contributed by atoms with Crippen molar-refractivity contribution in [2.75, 3.05) is 11.9 Å². The molecule has 0 spiro atoms. The van der Waals surface area contributed by atoms with Crippen LogP contribution in [0.2, 0.25) is 5.15 Å². The molecule has 0 radical (unpaired) electrons. The Morgan fingerprint density at radius 2 is 2.33 bits per heavy atom. The van der Waals surface area contributed by atoms with Crippen LogP contribution in [-0.2, 0) is 0 Å². The number of hydrogen-bond acceptors (Lipinski definition) is 7. The van der Waals surface area contributed by atoms with E-state index >= 15 is 0 Å². The number of rotatable bonds is 5. The summed E-state index contributed by atoms with van der Waals surface area (Å²) in [5.74, 6) is 0.638. The van der Waals surface area contributed by atoms with Gasteiger partial charge in [-0.3, -0.25) is 0 Å². The third-order valence-electron chi connectivity index (χ3n) is 1.78. The highest BCUT2D eigenvalue weighted by atomic mass is 35.5. The van der Waals surface area contributed by atoms with Crippen LogP contribution in [0, 0.1) is 6.92 Å². The molecule has 8 heteroatoms. The maximum Gasteiger partial charge on any atom is 0.206 e. The van der Waals surface area contributed by atoms with Crippen LogP contribution in [0.15, 0.2) is 28.1 Å². The molecule has 2 heterocycles. The molecule has 1 N–H and O–H groups in total. The first-order valence-corrected chi connectivity index (χ1v) is 7.06. The first-order chi connectivity index (χ1) is 8.67. The normalized spacial score (nSPS) is 10.3. The van der Waals surface area contributed by atoms with Crippen LogP contribution in [-0.4, -0.2) is 26.7 Å². The predicted octanol–water partition coefficient (Wildman–Crippen LogP) is 3.04. The van der Waals surface area contributed by atoms with E-state index in [9.17, 15) is 0 Å². The molecule has 0 aliphatic heterocycles. The third kappa shape index (κ3) is 3.66. The molecule has 94 valence electrons. The summed E-state index contributed by atoms with van der Waals surface area (Å²) in [6, 6.07) is 1.71. The summed E-state index contributed by atoms with van der Waals surface area (Å²) in [7, 11) is 0. The van der Waals surface area contributed by atoms with Crippen molar-refractivity contribution in [3.8, 4) is 0 Å². The van der Waals surface area contributed by atoms with Crippen molar-refractivity contribution in [3.05, 3.63) is 29.7 Å². The van der Waals surface area contributed by atoms with Crippen molar-refractivity contribution in [1.82, 2.24) is 20.2 Å². The van der Waals surface area contributed by atoms with Gasteiger partial charge in [0.25, 0.3) is 0 Å². The monoisotopic (exact) mass is 299 g/mol. The van der Waals surface area contributed by atoms with Gasteiger partial charge in [-0.2, -0.15) is 0 Å². The second-order valence-corrected chi connectivity index (χ2v) is 5.85. The fourth-order valence-electron chi connectivity index (χ4n) is 1.13. The molecule has 2 aromatic heterocycles. The minimum Gasteiger partial charge on any atom is -0.357 e. The summed E-state index contributed by atoms with van der Waals surface area (Å²) in [5, 5.41) is 13.1. The number of halogens is 1. The van der Waals surface area contributed by atoms with E-state index in [1.807, 2.05) is 0 Å². The van der Waals surface area contributed by atoms with Gasteiger partial charge in [-0.25, -0.2) is 9.97 Å². The molecule has 5 nitrogen and oxygen atoms in total. The van der Waals surface area contributed by atoms with E-state index in [0.717, 1.165) is 14.5 Å². The molecule has 0 atom stereocenters. The smallest absolute Gasteiger partial charge is 0.206 e. The Kier molecular flexibility index (Phi) is 4.51. The van der Waals surface area contributed by atoms with Gasteiger partial charge in [0, 0.05) is 12.6 Å². The molecule has 2 aromatic rings. The maximum absolute atomic E-state index is 5.87. The molecule has 18 heavy (non-hydrogen) atoms. The van der Waals surface area contributed by atoms with Gasteiger partial charge in [-0.05, 0) is 18.7 Å². The van der Waals surface area contributed by atoms with E-state index in [4.69, 9.17) is 11.6 Å². The molecule has 0 aliphatic rings. The molecular formula is C10H10ClN5S2. The Morgan fingerprint density at radius 3 is 3.06 bits per heavy atom. The van der Waals surface area contributed by atoms with Gasteiger partial charge < -0.3 is 5.32 Å². The van der Waals surface area contributed by atoms with Crippen LogP contribution in [0.5, 0.6) is 0 Å². The molecule has 0 saturated carbocycles. The molecule has 0 saturated heterocycles. The van der Waals surface area contributed by atoms with Crippen molar-refractivity contribution >= 4 is 39.8 Å². The minimum absolute atomic E-state index is 0.430. The lowest BCUT2D eigenvalue weighted by atomic mass is 10.6. The molecule has 0 bridgehead atoms. The zero-order valence-electron chi connectivity index (χ0n) is 9.55. The van der Waals surface area contributed by atoms with Crippen molar-refractivity contribution in [2.24, 2.45) is 0 Å². The Hall–Kier alpha value is -1.18. The third-order valence-corrected chi connectivity index (χ3v) is 3.82. The Balaban J connectivity index is 2.08. The van der Waals surface area contributed by atoms with Crippen LogP contribution in [0.4, 0.5) is 5.13 Å². The second kappa shape index (κ2) is 6.12. The van der Waals surface area contributed by atoms with E-state index in [2.05, 4.69) is 32.1 Å². The van der Waals surface area contributed by atoms with Gasteiger partial charge in [-0.1, -0.05) is 29.0 Å². The lowest BCUT2D eigenvalue weighted by molar-refractivity contribution is 0.959. The lowest BCUT2D eigenvalue weighted by Gasteiger charge is -1.98. The SMILES string of the molecule is C=CCNc1nnc(Sc2cc(Cl)nc(C)n2)s1. The Labute approximate surface area is 118 Å². The van der Waals surface area contributed by atoms with Crippen molar-refractivity contribution in [1.29, 1.82) is 0 Å². The predicted molar refractivity (Wildman–Crippen MR) is 74.5 cm³/mol. The van der Waals surface area contributed by atoms with Crippen LogP contribution in [0.25, 0.3) is 0 Å². The van der Waals surface area contributed by atoms with Gasteiger partial charge >= 0.3 is 0 Å². The minimum atomic E-state index is 0.430. The van der Waals surface area contributed by atoms with Gasteiger partial charge in [-0.15, -0.1) is 16.8 Å². The molecule has 0 fully saturated rings. The number of anilines is 1. The van der Waals surface area contributed by atoms with E-state index in [0.29, 0.717) is 17.5 Å². The Bertz CT molecular complexity index is 537. The van der Waals surface area contributed by atoms with Crippen LogP contribution >= 0.6 is 34.7 Å². The van der Waals surface area contributed by atoms with E-state index in [1.165, 1.54) is 23.1 Å². The molecule has 0 aliphatic carbocycles. The van der Waals surface area contributed by atoms with Gasteiger partial charge in [0.1, 0.15) is 16.0 Å². The number of aromatic nitrogens is 4. The van der Waals surface area contributed by atoms with Crippen molar-refractivity contribution in [2.45, 2.75) is 16.3 Å². The standard InChI is InChI=1S/C10H10ClN5S2/c1-3-4-12-9-15-16-10(18-9)17-8-5-7(11)13-6(2)14-8/h3,5H,1,4H2,2H3,(H,12,15). The van der Waals surface area contributed by atoms with Crippen LogP contribution in [0.3, 0.4) is 0 Å². The van der Waals surface area contributed by atoms with Crippen molar-refractivity contribution in [3.63, 3.8) is 0 Å². The van der Waals surface area contributed by atoms with Crippen LogP contribution in [0.1, 0.15) is 5.82 Å². The van der Waals surface area contributed by atoms with Gasteiger partial charge in [0.15, 0.2) is 4.34 Å². The lowest BCUT2D eigenvalue weighted by Crippen LogP contribution is -1.96. The van der Waals surface area contributed by atoms with Crippen LogP contribution < -0.4 is 5.32 Å². The summed E-state index contributed by atoms with van der Waals surface area (Å²) >= 11 is 8.74. The number of nitrogens with zero attached hydrogens (tertiary/aromatic N) is 4. The number of aryl methyl sites for hydroxylation is 1. The highest BCUT2D eigenvalue weighted by molar-refractivity contribution is 8.01. The maximum atomic E-state index is 5.87. The molecule has 0 amide bonds. The first-order valence-electron chi connectivity index (χ1n) is 5.04. The van der Waals surface area contributed by atoms with E-state index in [1.54, 1.807) is 19.1 Å². The summed E-state index contributed by atoms with van der Waals surface area (Å²) in [5.41, 5.74) is 0. The number of nitrogens with one attached hydrogen (secondary N) is 1. The average Bonchev–Trinajstić information content (AvgIpc) is 2.72. The fourth-order valence-corrected chi connectivity index (χ4v) is 3.17. The zero-order valence-corrected chi connectivity index (χ0v) is 11.9. The molecular weight excluding hydrogens is 290 g/mol. The molecule has 2 rings (SSSR count). The molecule has 0 aromatic carbocycles. The van der Waals surface area contributed by atoms with E-state index in [-0.39, 0.29) is 0 Å². The largest absolute Gasteiger partial charge is 0.357 e. The van der Waals surface area contributed by atoms with Crippen molar-refractivity contribution < 1.29 is 0 Å². The second-order valence-electron chi connectivity index (χ2n) is 3.22. The van der Waals surface area contributed by atoms with Gasteiger partial charge in [0.05, 0.1) is 0 Å². The number of hydrogen-bond donors (Lipinski definition) is 1. The summed E-state index contributed by atoms with van der Waals surface area (Å²) in [4.78, 5) is 8.28. The topological polar surface area (TPSA) is 63.6 Å². The zero-order chi connectivity index (χ0) is 13.0. The Morgan fingerprint density at radius 1 is 1.50 bits per heavy atom. The quantitative estimate of drug-likeness (QED) is 0.676. The summed E-state index contributed by atoms with van der Waals surface area (Å²) < 4.78 is 0.802. The van der Waals surface area contributed by atoms with E-state index < -0.39 is 0 Å². The summed E-state index contributed by atoms with van der Waals surface area (Å²) in [6.45, 7) is 6.09. The average molecular weight is 300 g/mol. The first kappa shape index (κ1) is 13.3. The highest BCUT2D eigenvalue weighted by Gasteiger charge is 2.08.